The van der Waals surface area contributed by atoms with Crippen LogP contribution in [0.25, 0.3) is 22.2 Å². The molecule has 1 amide bonds. The van der Waals surface area contributed by atoms with Crippen LogP contribution < -0.4 is 11.1 Å². The number of carbonyl (C=O) groups excluding carboxylic acids is 1. The van der Waals surface area contributed by atoms with Gasteiger partial charge in [-0.25, -0.2) is 9.97 Å². The molecule has 0 aliphatic carbocycles. The maximum Gasteiger partial charge on any atom is 0.257 e. The van der Waals surface area contributed by atoms with Gasteiger partial charge in [0.2, 0.25) is 0 Å². The number of fused-ring (bicyclic) bond motifs is 2. The molecule has 0 atom stereocenters. The van der Waals surface area contributed by atoms with Crippen molar-refractivity contribution in [1.29, 1.82) is 0 Å². The third-order valence-electron chi connectivity index (χ3n) is 4.96. The minimum Gasteiger partial charge on any atom is -0.384 e. The number of nitrogens with zero attached hydrogens (tertiary/aromatic N) is 3. The fourth-order valence-electron chi connectivity index (χ4n) is 3.44. The van der Waals surface area contributed by atoms with E-state index in [-0.39, 0.29) is 5.91 Å². The largest absolute Gasteiger partial charge is 0.384 e. The van der Waals surface area contributed by atoms with Gasteiger partial charge in [-0.05, 0) is 30.0 Å². The molecule has 4 aromatic rings. The summed E-state index contributed by atoms with van der Waals surface area (Å²) in [5.74, 6) is 0.551. The molecule has 148 valence electrons. The van der Waals surface area contributed by atoms with Crippen molar-refractivity contribution >= 4 is 33.9 Å². The second kappa shape index (κ2) is 7.91. The lowest BCUT2D eigenvalue weighted by atomic mass is 10.1. The second-order valence-electron chi connectivity index (χ2n) is 7.64. The smallest absolute Gasteiger partial charge is 0.257 e. The first-order valence-electron chi connectivity index (χ1n) is 9.91. The number of hydrogen-bond acceptors (Lipinski definition) is 4. The Bertz CT molecular complexity index is 1160. The molecular weight excluding hydrogens is 362 g/mol. The Labute approximate surface area is 169 Å². The molecule has 2 aromatic heterocycles. The predicted octanol–water partition coefficient (Wildman–Crippen LogP) is 3.80. The molecule has 0 saturated carbocycles. The molecule has 0 aliphatic heterocycles. The Kier molecular flexibility index (Phi) is 5.16. The quantitative estimate of drug-likeness (QED) is 0.527. The van der Waals surface area contributed by atoms with Crippen LogP contribution in [0.1, 0.15) is 29.8 Å². The third kappa shape index (κ3) is 3.78. The predicted molar refractivity (Wildman–Crippen MR) is 117 cm³/mol. The number of benzene rings is 2. The van der Waals surface area contributed by atoms with Crippen LogP contribution >= 0.6 is 0 Å². The van der Waals surface area contributed by atoms with Crippen LogP contribution in [-0.2, 0) is 13.0 Å². The molecule has 0 aliphatic rings. The molecule has 2 heterocycles. The van der Waals surface area contributed by atoms with Crippen LogP contribution in [0.5, 0.6) is 0 Å². The molecule has 6 heteroatoms. The van der Waals surface area contributed by atoms with Crippen molar-refractivity contribution in [1.82, 2.24) is 19.9 Å². The number of para-hydroxylation sites is 2. The molecular formula is C23H25N5O. The Morgan fingerprint density at radius 3 is 2.38 bits per heavy atom. The number of nitrogens with one attached hydrogen (secondary N) is 1. The van der Waals surface area contributed by atoms with E-state index in [0.29, 0.717) is 41.6 Å². The zero-order valence-corrected chi connectivity index (χ0v) is 16.7. The van der Waals surface area contributed by atoms with E-state index in [1.807, 2.05) is 47.0 Å². The number of amides is 1. The number of aryl methyl sites for hydroxylation is 2. The molecule has 0 fully saturated rings. The van der Waals surface area contributed by atoms with E-state index in [2.05, 4.69) is 31.3 Å². The first-order valence-corrected chi connectivity index (χ1v) is 9.91. The highest BCUT2D eigenvalue weighted by Gasteiger charge is 2.23. The SMILES string of the molecule is CC(C)CNC(=O)c1c(N)n(CCc2ccccc2)c2nc3ccccc3nc12. The van der Waals surface area contributed by atoms with Crippen molar-refractivity contribution < 1.29 is 4.79 Å². The first kappa shape index (κ1) is 18.9. The Morgan fingerprint density at radius 1 is 1.03 bits per heavy atom. The summed E-state index contributed by atoms with van der Waals surface area (Å²) in [6.07, 6.45) is 0.788. The minimum atomic E-state index is -0.204. The normalized spacial score (nSPS) is 11.4. The maximum atomic E-state index is 12.9. The van der Waals surface area contributed by atoms with Crippen molar-refractivity contribution in [3.63, 3.8) is 0 Å². The van der Waals surface area contributed by atoms with Gasteiger partial charge in [0.05, 0.1) is 11.0 Å². The standard InChI is InChI=1S/C23H25N5O/c1-15(2)14-25-23(29)19-20-22(27-18-11-7-6-10-17(18)26-20)28(21(19)24)13-12-16-8-4-3-5-9-16/h3-11,15H,12-14,24H2,1-2H3,(H,25,29). The van der Waals surface area contributed by atoms with Gasteiger partial charge in [0.25, 0.3) is 5.91 Å². The summed E-state index contributed by atoms with van der Waals surface area (Å²) in [6, 6.07) is 17.9. The van der Waals surface area contributed by atoms with Gasteiger partial charge in [-0.3, -0.25) is 4.79 Å². The number of aromatic nitrogens is 3. The van der Waals surface area contributed by atoms with Gasteiger partial charge in [-0.15, -0.1) is 0 Å². The number of carbonyl (C=O) groups is 1. The van der Waals surface area contributed by atoms with Crippen LogP contribution in [0.15, 0.2) is 54.6 Å². The highest BCUT2D eigenvalue weighted by atomic mass is 16.1. The number of nitrogen functional groups attached to an aromatic ring is 1. The molecule has 2 aromatic carbocycles. The average Bonchev–Trinajstić information content (AvgIpc) is 2.99. The Hall–Kier alpha value is -3.41. The summed E-state index contributed by atoms with van der Waals surface area (Å²) in [5, 5.41) is 2.97. The highest BCUT2D eigenvalue weighted by Crippen LogP contribution is 2.28. The molecule has 6 nitrogen and oxygen atoms in total. The minimum absolute atomic E-state index is 0.204. The molecule has 0 saturated heterocycles. The van der Waals surface area contributed by atoms with Gasteiger partial charge in [0.1, 0.15) is 16.9 Å². The van der Waals surface area contributed by atoms with E-state index in [0.717, 1.165) is 17.5 Å². The van der Waals surface area contributed by atoms with Crippen LogP contribution in [0.2, 0.25) is 0 Å². The number of anilines is 1. The number of rotatable bonds is 6. The molecule has 29 heavy (non-hydrogen) atoms. The van der Waals surface area contributed by atoms with Crippen molar-refractivity contribution in [3.05, 3.63) is 65.7 Å². The average molecular weight is 387 g/mol. The summed E-state index contributed by atoms with van der Waals surface area (Å²) >= 11 is 0. The van der Waals surface area contributed by atoms with Gasteiger partial charge in [0.15, 0.2) is 5.65 Å². The van der Waals surface area contributed by atoms with Crippen molar-refractivity contribution in [2.45, 2.75) is 26.8 Å². The third-order valence-corrected chi connectivity index (χ3v) is 4.96. The highest BCUT2D eigenvalue weighted by molar-refractivity contribution is 6.10. The van der Waals surface area contributed by atoms with Gasteiger partial charge in [-0.2, -0.15) is 0 Å². The van der Waals surface area contributed by atoms with E-state index >= 15 is 0 Å². The lowest BCUT2D eigenvalue weighted by Crippen LogP contribution is -2.28. The van der Waals surface area contributed by atoms with Crippen LogP contribution in [-0.4, -0.2) is 27.0 Å². The van der Waals surface area contributed by atoms with E-state index in [4.69, 9.17) is 15.7 Å². The van der Waals surface area contributed by atoms with Crippen molar-refractivity contribution in [3.8, 4) is 0 Å². The Balaban J connectivity index is 1.81. The number of nitrogens with two attached hydrogens (primary N) is 1. The van der Waals surface area contributed by atoms with Crippen LogP contribution in [0, 0.1) is 5.92 Å². The maximum absolute atomic E-state index is 12.9. The zero-order chi connectivity index (χ0) is 20.4. The van der Waals surface area contributed by atoms with Crippen molar-refractivity contribution in [2.24, 2.45) is 5.92 Å². The molecule has 0 spiro atoms. The first-order chi connectivity index (χ1) is 14.0. The van der Waals surface area contributed by atoms with Crippen LogP contribution in [0.3, 0.4) is 0 Å². The van der Waals surface area contributed by atoms with E-state index in [1.54, 1.807) is 0 Å². The zero-order valence-electron chi connectivity index (χ0n) is 16.7. The Morgan fingerprint density at radius 2 is 1.69 bits per heavy atom. The van der Waals surface area contributed by atoms with E-state index in [1.165, 1.54) is 5.56 Å². The fourth-order valence-corrected chi connectivity index (χ4v) is 3.44. The lowest BCUT2D eigenvalue weighted by Gasteiger charge is -2.09. The van der Waals surface area contributed by atoms with E-state index < -0.39 is 0 Å². The summed E-state index contributed by atoms with van der Waals surface area (Å²) in [7, 11) is 0. The fraction of sp³-hybridized carbons (Fsp3) is 0.261. The van der Waals surface area contributed by atoms with Gasteiger partial charge < -0.3 is 15.6 Å². The van der Waals surface area contributed by atoms with Gasteiger partial charge in [0, 0.05) is 13.1 Å². The monoisotopic (exact) mass is 387 g/mol. The summed E-state index contributed by atoms with van der Waals surface area (Å²) in [5.41, 5.74) is 10.8. The van der Waals surface area contributed by atoms with E-state index in [9.17, 15) is 4.79 Å². The lowest BCUT2D eigenvalue weighted by molar-refractivity contribution is 0.0951. The second-order valence-corrected chi connectivity index (χ2v) is 7.64. The summed E-state index contributed by atoms with van der Waals surface area (Å²) < 4.78 is 1.91. The van der Waals surface area contributed by atoms with Gasteiger partial charge in [-0.1, -0.05) is 56.3 Å². The molecule has 3 N–H and O–H groups in total. The van der Waals surface area contributed by atoms with Crippen molar-refractivity contribution in [2.75, 3.05) is 12.3 Å². The summed E-state index contributed by atoms with van der Waals surface area (Å²) in [4.78, 5) is 22.5. The molecule has 4 rings (SSSR count). The number of hydrogen-bond donors (Lipinski definition) is 2. The van der Waals surface area contributed by atoms with Crippen LogP contribution in [0.4, 0.5) is 5.82 Å². The summed E-state index contributed by atoms with van der Waals surface area (Å²) in [6.45, 7) is 5.31. The molecule has 0 radical (unpaired) electrons. The van der Waals surface area contributed by atoms with Gasteiger partial charge >= 0.3 is 0 Å². The molecule has 0 bridgehead atoms. The topological polar surface area (TPSA) is 85.8 Å². The molecule has 0 unspecified atom stereocenters.